The van der Waals surface area contributed by atoms with Crippen LogP contribution in [-0.2, 0) is 10.0 Å². The quantitative estimate of drug-likeness (QED) is 0.846. The van der Waals surface area contributed by atoms with Crippen LogP contribution < -0.4 is 4.72 Å². The summed E-state index contributed by atoms with van der Waals surface area (Å²) >= 11 is 5.85. The van der Waals surface area contributed by atoms with E-state index in [-0.39, 0.29) is 27.9 Å². The van der Waals surface area contributed by atoms with Crippen molar-refractivity contribution in [1.29, 1.82) is 0 Å². The van der Waals surface area contributed by atoms with E-state index < -0.39 is 16.0 Å². The molecular weight excluding hydrogens is 290 g/mol. The lowest BCUT2D eigenvalue weighted by Crippen LogP contribution is -2.18. The maximum absolute atomic E-state index is 11.8. The van der Waals surface area contributed by atoms with Crippen LogP contribution in [0, 0.1) is 5.92 Å². The van der Waals surface area contributed by atoms with Gasteiger partial charge in [0.1, 0.15) is 0 Å². The first-order valence-corrected chi connectivity index (χ1v) is 7.77. The van der Waals surface area contributed by atoms with E-state index >= 15 is 0 Å². The number of carboxylic acid groups (broad SMARTS) is 1. The lowest BCUT2D eigenvalue weighted by molar-refractivity contribution is 0.0697. The molecule has 1 aromatic carbocycles. The third-order valence-electron chi connectivity index (χ3n) is 2.45. The average molecular weight is 306 g/mol. The summed E-state index contributed by atoms with van der Waals surface area (Å²) in [6.07, 6.45) is 0.542. The molecule has 19 heavy (non-hydrogen) atoms. The Morgan fingerprint density at radius 3 is 2.53 bits per heavy atom. The van der Waals surface area contributed by atoms with E-state index in [1.807, 2.05) is 13.8 Å². The van der Waals surface area contributed by atoms with Gasteiger partial charge in [-0.05, 0) is 30.5 Å². The van der Waals surface area contributed by atoms with Crippen molar-refractivity contribution in [2.24, 2.45) is 5.92 Å². The van der Waals surface area contributed by atoms with Crippen LogP contribution in [0.2, 0.25) is 5.02 Å². The smallest absolute Gasteiger partial charge is 0.335 e. The van der Waals surface area contributed by atoms with Crippen LogP contribution in [0.5, 0.6) is 0 Å². The monoisotopic (exact) mass is 305 g/mol. The molecule has 0 spiro atoms. The molecule has 0 saturated heterocycles. The van der Waals surface area contributed by atoms with E-state index in [1.165, 1.54) is 18.2 Å². The first-order chi connectivity index (χ1) is 8.71. The van der Waals surface area contributed by atoms with Crippen molar-refractivity contribution in [3.05, 3.63) is 28.8 Å². The molecule has 0 heterocycles. The number of anilines is 1. The molecule has 0 atom stereocenters. The van der Waals surface area contributed by atoms with Crippen LogP contribution in [0.25, 0.3) is 0 Å². The van der Waals surface area contributed by atoms with Crippen LogP contribution in [0.3, 0.4) is 0 Å². The van der Waals surface area contributed by atoms with E-state index in [2.05, 4.69) is 4.72 Å². The molecule has 0 radical (unpaired) electrons. The Morgan fingerprint density at radius 2 is 2.05 bits per heavy atom. The van der Waals surface area contributed by atoms with Gasteiger partial charge in [-0.25, -0.2) is 13.2 Å². The van der Waals surface area contributed by atoms with Crippen molar-refractivity contribution in [1.82, 2.24) is 0 Å². The lowest BCUT2D eigenvalue weighted by Gasteiger charge is -2.11. The van der Waals surface area contributed by atoms with E-state index in [1.54, 1.807) is 0 Å². The first-order valence-electron chi connectivity index (χ1n) is 5.74. The predicted octanol–water partition coefficient (Wildman–Crippen LogP) is 2.83. The summed E-state index contributed by atoms with van der Waals surface area (Å²) in [4.78, 5) is 10.7. The Kier molecular flexibility index (Phi) is 5.20. The molecule has 7 heteroatoms. The van der Waals surface area contributed by atoms with Gasteiger partial charge in [-0.15, -0.1) is 0 Å². The minimum atomic E-state index is -3.47. The second-order valence-electron chi connectivity index (χ2n) is 4.60. The van der Waals surface area contributed by atoms with Gasteiger partial charge in [-0.1, -0.05) is 25.4 Å². The van der Waals surface area contributed by atoms with E-state index in [0.29, 0.717) is 6.42 Å². The molecule has 0 saturated carbocycles. The number of rotatable bonds is 6. The number of nitrogens with one attached hydrogen (secondary N) is 1. The molecule has 1 rings (SSSR count). The summed E-state index contributed by atoms with van der Waals surface area (Å²) in [5, 5.41) is 8.84. The zero-order chi connectivity index (χ0) is 14.6. The van der Waals surface area contributed by atoms with Gasteiger partial charge in [0.05, 0.1) is 22.0 Å². The highest BCUT2D eigenvalue weighted by atomic mass is 35.5. The van der Waals surface area contributed by atoms with Crippen LogP contribution in [0.15, 0.2) is 18.2 Å². The largest absolute Gasteiger partial charge is 0.478 e. The summed E-state index contributed by atoms with van der Waals surface area (Å²) in [6.45, 7) is 3.87. The molecule has 0 amide bonds. The topological polar surface area (TPSA) is 83.5 Å². The molecule has 0 aromatic heterocycles. The molecule has 5 nitrogen and oxygen atoms in total. The summed E-state index contributed by atoms with van der Waals surface area (Å²) in [5.74, 6) is -0.834. The molecule has 0 aliphatic heterocycles. The van der Waals surface area contributed by atoms with Gasteiger partial charge in [0.15, 0.2) is 0 Å². The SMILES string of the molecule is CC(C)CCS(=O)(=O)Nc1ccc(C(=O)O)cc1Cl. The molecule has 0 aliphatic carbocycles. The van der Waals surface area contributed by atoms with Crippen molar-refractivity contribution < 1.29 is 18.3 Å². The zero-order valence-electron chi connectivity index (χ0n) is 10.7. The fourth-order valence-electron chi connectivity index (χ4n) is 1.34. The molecule has 1 aromatic rings. The van der Waals surface area contributed by atoms with Crippen molar-refractivity contribution >= 4 is 33.3 Å². The van der Waals surface area contributed by atoms with E-state index in [9.17, 15) is 13.2 Å². The Hall–Kier alpha value is -1.27. The third-order valence-corrected chi connectivity index (χ3v) is 4.06. The lowest BCUT2D eigenvalue weighted by atomic mass is 10.2. The van der Waals surface area contributed by atoms with Crippen LogP contribution >= 0.6 is 11.6 Å². The number of carboxylic acids is 1. The van der Waals surface area contributed by atoms with Gasteiger partial charge in [0, 0.05) is 0 Å². The maximum Gasteiger partial charge on any atom is 0.335 e. The van der Waals surface area contributed by atoms with Crippen LogP contribution in [0.1, 0.15) is 30.6 Å². The second-order valence-corrected chi connectivity index (χ2v) is 6.85. The van der Waals surface area contributed by atoms with Crippen molar-refractivity contribution in [3.63, 3.8) is 0 Å². The van der Waals surface area contributed by atoms with Gasteiger partial charge >= 0.3 is 5.97 Å². The summed E-state index contributed by atoms with van der Waals surface area (Å²) in [7, 11) is -3.47. The summed E-state index contributed by atoms with van der Waals surface area (Å²) in [5.41, 5.74) is 0.200. The fourth-order valence-corrected chi connectivity index (χ4v) is 3.02. The predicted molar refractivity (Wildman–Crippen MR) is 75.3 cm³/mol. The third kappa shape index (κ3) is 5.08. The van der Waals surface area contributed by atoms with E-state index in [0.717, 1.165) is 0 Å². The molecule has 2 N–H and O–H groups in total. The number of carbonyl (C=O) groups is 1. The number of hydrogen-bond acceptors (Lipinski definition) is 3. The number of halogens is 1. The average Bonchev–Trinajstić information content (AvgIpc) is 2.29. The minimum absolute atomic E-state index is 0.00166. The number of hydrogen-bond donors (Lipinski definition) is 2. The van der Waals surface area contributed by atoms with Crippen LogP contribution in [-0.4, -0.2) is 25.2 Å². The van der Waals surface area contributed by atoms with Gasteiger partial charge < -0.3 is 5.11 Å². The molecule has 0 bridgehead atoms. The Labute approximate surface area is 117 Å². The van der Waals surface area contributed by atoms with Crippen molar-refractivity contribution in [2.45, 2.75) is 20.3 Å². The summed E-state index contributed by atoms with van der Waals surface area (Å²) < 4.78 is 25.9. The highest BCUT2D eigenvalue weighted by Crippen LogP contribution is 2.24. The Balaban J connectivity index is 2.85. The molecule has 0 aliphatic rings. The minimum Gasteiger partial charge on any atom is -0.478 e. The van der Waals surface area contributed by atoms with Gasteiger partial charge in [0.2, 0.25) is 10.0 Å². The highest BCUT2D eigenvalue weighted by Gasteiger charge is 2.14. The van der Waals surface area contributed by atoms with Crippen LogP contribution in [0.4, 0.5) is 5.69 Å². The Bertz CT molecular complexity index is 569. The molecular formula is C12H16ClNO4S. The van der Waals surface area contributed by atoms with Crippen molar-refractivity contribution in [3.8, 4) is 0 Å². The second kappa shape index (κ2) is 6.25. The molecule has 106 valence electrons. The van der Waals surface area contributed by atoms with Gasteiger partial charge in [-0.2, -0.15) is 0 Å². The van der Waals surface area contributed by atoms with Gasteiger partial charge in [-0.3, -0.25) is 4.72 Å². The van der Waals surface area contributed by atoms with E-state index in [4.69, 9.17) is 16.7 Å². The zero-order valence-corrected chi connectivity index (χ0v) is 12.3. The number of benzene rings is 1. The maximum atomic E-state index is 11.8. The van der Waals surface area contributed by atoms with Crippen molar-refractivity contribution in [2.75, 3.05) is 10.5 Å². The number of sulfonamides is 1. The van der Waals surface area contributed by atoms with Gasteiger partial charge in [0.25, 0.3) is 0 Å². The number of aromatic carboxylic acids is 1. The fraction of sp³-hybridized carbons (Fsp3) is 0.417. The molecule has 0 unspecified atom stereocenters. The standard InChI is InChI=1S/C12H16ClNO4S/c1-8(2)5-6-19(17,18)14-11-4-3-9(12(15)16)7-10(11)13/h3-4,7-8,14H,5-6H2,1-2H3,(H,15,16). The first kappa shape index (κ1) is 15.8. The molecule has 0 fully saturated rings. The highest BCUT2D eigenvalue weighted by molar-refractivity contribution is 7.92. The normalized spacial score (nSPS) is 11.6. The Morgan fingerprint density at radius 1 is 1.42 bits per heavy atom. The summed E-state index contributed by atoms with van der Waals surface area (Å²) in [6, 6.07) is 3.86.